The standard InChI is InChI=1S/C8H8F3N3O2/c9-8(10,11)16-6-5(3-15)4(1-12)2-14-7(6)13/h2-3H,1,12H2,(H2,13,14). The second-order valence-electron chi connectivity index (χ2n) is 2.78. The SMILES string of the molecule is NCc1cnc(N)c(OC(F)(F)F)c1C=O. The fourth-order valence-electron chi connectivity index (χ4n) is 1.07. The first-order chi connectivity index (χ1) is 7.39. The number of alkyl halides is 3. The third kappa shape index (κ3) is 2.60. The van der Waals surface area contributed by atoms with Gasteiger partial charge < -0.3 is 16.2 Å². The maximum Gasteiger partial charge on any atom is 0.573 e. The molecule has 1 aromatic rings. The average Bonchev–Trinajstić information content (AvgIpc) is 2.19. The largest absolute Gasteiger partial charge is 0.573 e. The Morgan fingerprint density at radius 3 is 2.56 bits per heavy atom. The molecule has 0 saturated heterocycles. The van der Waals surface area contributed by atoms with E-state index in [-0.39, 0.29) is 24.0 Å². The van der Waals surface area contributed by atoms with Crippen LogP contribution in [0.3, 0.4) is 0 Å². The number of hydrogen-bond acceptors (Lipinski definition) is 5. The minimum atomic E-state index is -4.94. The summed E-state index contributed by atoms with van der Waals surface area (Å²) in [5.74, 6) is -1.33. The van der Waals surface area contributed by atoms with E-state index in [0.29, 0.717) is 0 Å². The highest BCUT2D eigenvalue weighted by Gasteiger charge is 2.34. The molecule has 5 nitrogen and oxygen atoms in total. The molecule has 88 valence electrons. The van der Waals surface area contributed by atoms with Crippen molar-refractivity contribution in [2.45, 2.75) is 12.9 Å². The van der Waals surface area contributed by atoms with Gasteiger partial charge in [-0.2, -0.15) is 0 Å². The van der Waals surface area contributed by atoms with Gasteiger partial charge in [-0.1, -0.05) is 0 Å². The lowest BCUT2D eigenvalue weighted by Gasteiger charge is -2.14. The molecule has 0 spiro atoms. The Morgan fingerprint density at radius 2 is 2.12 bits per heavy atom. The zero-order chi connectivity index (χ0) is 12.3. The van der Waals surface area contributed by atoms with Gasteiger partial charge in [0.15, 0.2) is 17.9 Å². The van der Waals surface area contributed by atoms with Crippen LogP contribution < -0.4 is 16.2 Å². The quantitative estimate of drug-likeness (QED) is 0.757. The number of carbonyl (C=O) groups excluding carboxylic acids is 1. The highest BCUT2D eigenvalue weighted by molar-refractivity contribution is 5.84. The van der Waals surface area contributed by atoms with Gasteiger partial charge in [0.05, 0.1) is 5.56 Å². The molecular formula is C8H8F3N3O2. The van der Waals surface area contributed by atoms with Crippen LogP contribution in [0.25, 0.3) is 0 Å². The lowest BCUT2D eigenvalue weighted by Crippen LogP contribution is -2.20. The van der Waals surface area contributed by atoms with E-state index in [1.54, 1.807) is 0 Å². The lowest BCUT2D eigenvalue weighted by atomic mass is 10.1. The van der Waals surface area contributed by atoms with Crippen LogP contribution in [-0.4, -0.2) is 17.6 Å². The summed E-state index contributed by atoms with van der Waals surface area (Å²) in [5, 5.41) is 0. The lowest BCUT2D eigenvalue weighted by molar-refractivity contribution is -0.274. The fourth-order valence-corrected chi connectivity index (χ4v) is 1.07. The zero-order valence-corrected chi connectivity index (χ0v) is 7.91. The number of nitrogens with two attached hydrogens (primary N) is 2. The number of hydrogen-bond donors (Lipinski definition) is 2. The van der Waals surface area contributed by atoms with Crippen molar-refractivity contribution < 1.29 is 22.7 Å². The molecule has 0 radical (unpaired) electrons. The van der Waals surface area contributed by atoms with E-state index < -0.39 is 17.9 Å². The van der Waals surface area contributed by atoms with E-state index in [4.69, 9.17) is 11.5 Å². The maximum atomic E-state index is 12.0. The number of pyridine rings is 1. The molecule has 0 aliphatic heterocycles. The molecule has 0 aliphatic rings. The first-order valence-corrected chi connectivity index (χ1v) is 4.07. The topological polar surface area (TPSA) is 91.2 Å². The Balaban J connectivity index is 3.29. The Bertz CT molecular complexity index is 406. The molecule has 0 saturated carbocycles. The second kappa shape index (κ2) is 4.35. The number of nitrogens with zero attached hydrogens (tertiary/aromatic N) is 1. The summed E-state index contributed by atoms with van der Waals surface area (Å²) in [6.45, 7) is -0.143. The summed E-state index contributed by atoms with van der Waals surface area (Å²) in [6.07, 6.45) is -3.62. The molecule has 1 rings (SSSR count). The van der Waals surface area contributed by atoms with Crippen LogP contribution in [0.1, 0.15) is 15.9 Å². The summed E-state index contributed by atoms with van der Waals surface area (Å²) < 4.78 is 39.7. The number of carbonyl (C=O) groups is 1. The van der Waals surface area contributed by atoms with Crippen molar-refractivity contribution in [1.82, 2.24) is 4.98 Å². The maximum absolute atomic E-state index is 12.0. The van der Waals surface area contributed by atoms with Crippen LogP contribution in [0.15, 0.2) is 6.20 Å². The van der Waals surface area contributed by atoms with Crippen LogP contribution in [0.4, 0.5) is 19.0 Å². The molecule has 0 bridgehead atoms. The van der Waals surface area contributed by atoms with Crippen molar-refractivity contribution in [1.29, 1.82) is 0 Å². The first kappa shape index (κ1) is 12.2. The van der Waals surface area contributed by atoms with E-state index in [1.807, 2.05) is 0 Å². The van der Waals surface area contributed by atoms with Gasteiger partial charge in [0.1, 0.15) is 0 Å². The van der Waals surface area contributed by atoms with Crippen LogP contribution in [-0.2, 0) is 6.54 Å². The second-order valence-corrected chi connectivity index (χ2v) is 2.78. The van der Waals surface area contributed by atoms with E-state index in [2.05, 4.69) is 9.72 Å². The number of rotatable bonds is 3. The summed E-state index contributed by atoms with van der Waals surface area (Å²) in [4.78, 5) is 14.1. The fraction of sp³-hybridized carbons (Fsp3) is 0.250. The number of halogens is 3. The van der Waals surface area contributed by atoms with Crippen molar-refractivity contribution in [3.05, 3.63) is 17.3 Å². The molecule has 0 atom stereocenters. The predicted molar refractivity (Wildman–Crippen MR) is 48.6 cm³/mol. The van der Waals surface area contributed by atoms with Crippen molar-refractivity contribution in [2.24, 2.45) is 5.73 Å². The minimum absolute atomic E-state index is 0.128. The Labute approximate surface area is 88.2 Å². The first-order valence-electron chi connectivity index (χ1n) is 4.07. The van der Waals surface area contributed by atoms with Crippen LogP contribution in [0, 0.1) is 0 Å². The summed E-state index contributed by atoms with van der Waals surface area (Å²) in [7, 11) is 0. The molecule has 0 aliphatic carbocycles. The van der Waals surface area contributed by atoms with Crippen LogP contribution in [0.2, 0.25) is 0 Å². The van der Waals surface area contributed by atoms with E-state index in [1.165, 1.54) is 0 Å². The number of nitrogen functional groups attached to an aromatic ring is 1. The van der Waals surface area contributed by atoms with E-state index in [9.17, 15) is 18.0 Å². The van der Waals surface area contributed by atoms with Gasteiger partial charge >= 0.3 is 6.36 Å². The third-order valence-corrected chi connectivity index (χ3v) is 1.74. The van der Waals surface area contributed by atoms with Gasteiger partial charge in [-0.05, 0) is 5.56 Å². The molecule has 0 aromatic carbocycles. The summed E-state index contributed by atoms with van der Waals surface area (Å²) >= 11 is 0. The molecular weight excluding hydrogens is 227 g/mol. The number of aromatic nitrogens is 1. The van der Waals surface area contributed by atoms with Crippen molar-refractivity contribution in [3.63, 3.8) is 0 Å². The minimum Gasteiger partial charge on any atom is -0.401 e. The van der Waals surface area contributed by atoms with Gasteiger partial charge in [0.25, 0.3) is 0 Å². The van der Waals surface area contributed by atoms with Gasteiger partial charge in [-0.15, -0.1) is 13.2 Å². The average molecular weight is 235 g/mol. The molecule has 1 aromatic heterocycles. The van der Waals surface area contributed by atoms with Crippen molar-refractivity contribution in [2.75, 3.05) is 5.73 Å². The third-order valence-electron chi connectivity index (χ3n) is 1.74. The molecule has 0 fully saturated rings. The van der Waals surface area contributed by atoms with Crippen molar-refractivity contribution in [3.8, 4) is 5.75 Å². The highest BCUT2D eigenvalue weighted by Crippen LogP contribution is 2.31. The van der Waals surface area contributed by atoms with E-state index in [0.717, 1.165) is 6.20 Å². The van der Waals surface area contributed by atoms with Crippen LogP contribution >= 0.6 is 0 Å². The van der Waals surface area contributed by atoms with E-state index >= 15 is 0 Å². The zero-order valence-electron chi connectivity index (χ0n) is 7.91. The molecule has 4 N–H and O–H groups in total. The van der Waals surface area contributed by atoms with Gasteiger partial charge in [-0.3, -0.25) is 4.79 Å². The molecule has 1 heterocycles. The molecule has 8 heteroatoms. The summed E-state index contributed by atoms with van der Waals surface area (Å²) in [5.41, 5.74) is 10.2. The molecule has 0 amide bonds. The normalized spacial score (nSPS) is 11.2. The Kier molecular flexibility index (Phi) is 3.33. The summed E-state index contributed by atoms with van der Waals surface area (Å²) in [6, 6.07) is 0. The number of aldehydes is 1. The number of ether oxygens (including phenoxy) is 1. The smallest absolute Gasteiger partial charge is 0.401 e. The number of anilines is 1. The van der Waals surface area contributed by atoms with Gasteiger partial charge in [-0.25, -0.2) is 4.98 Å². The van der Waals surface area contributed by atoms with Gasteiger partial charge in [0.2, 0.25) is 0 Å². The van der Waals surface area contributed by atoms with Crippen molar-refractivity contribution >= 4 is 12.1 Å². The van der Waals surface area contributed by atoms with Crippen LogP contribution in [0.5, 0.6) is 5.75 Å². The monoisotopic (exact) mass is 235 g/mol. The molecule has 0 unspecified atom stereocenters. The predicted octanol–water partition coefficient (Wildman–Crippen LogP) is 0.834. The Morgan fingerprint density at radius 1 is 1.50 bits per heavy atom. The Hall–Kier alpha value is -1.83. The highest BCUT2D eigenvalue weighted by atomic mass is 19.4. The van der Waals surface area contributed by atoms with Gasteiger partial charge in [0, 0.05) is 12.7 Å². The molecule has 16 heavy (non-hydrogen) atoms.